The fraction of sp³-hybridized carbons (Fsp3) is 0.182. The third-order valence-corrected chi connectivity index (χ3v) is 3.21. The van der Waals surface area contributed by atoms with Crippen LogP contribution in [0.3, 0.4) is 0 Å². The van der Waals surface area contributed by atoms with Crippen LogP contribution in [0.2, 0.25) is 0 Å². The van der Waals surface area contributed by atoms with E-state index < -0.39 is 0 Å². The van der Waals surface area contributed by atoms with Gasteiger partial charge < -0.3 is 0 Å². The third-order valence-electron chi connectivity index (χ3n) is 2.26. The maximum absolute atomic E-state index is 11.9. The van der Waals surface area contributed by atoms with Gasteiger partial charge in [-0.25, -0.2) is 0 Å². The number of aryl methyl sites for hydroxylation is 1. The monoisotopic (exact) mass is 221 g/mol. The van der Waals surface area contributed by atoms with E-state index >= 15 is 0 Å². The number of fused-ring (bicyclic) bond motifs is 1. The Hall–Kier alpha value is -1.39. The summed E-state index contributed by atoms with van der Waals surface area (Å²) in [6.07, 6.45) is 0. The number of hydrogen-bond acceptors (Lipinski definition) is 4. The fourth-order valence-corrected chi connectivity index (χ4v) is 2.38. The van der Waals surface area contributed by atoms with Gasteiger partial charge >= 0.3 is 0 Å². The smallest absolute Gasteiger partial charge is 0.213 e. The maximum atomic E-state index is 11.9. The van der Waals surface area contributed by atoms with Gasteiger partial charge in [0.15, 0.2) is 0 Å². The quantitative estimate of drug-likeness (QED) is 0.752. The van der Waals surface area contributed by atoms with E-state index in [1.807, 2.05) is 25.1 Å². The molecule has 0 aliphatic carbocycles. The molecular formula is C11H11NO2S. The maximum Gasteiger partial charge on any atom is 0.213 e. The average Bonchev–Trinajstić information content (AvgIpc) is 2.19. The normalized spacial score (nSPS) is 10.6. The molecule has 15 heavy (non-hydrogen) atoms. The number of anilines is 1. The van der Waals surface area contributed by atoms with Crippen LogP contribution in [0.4, 0.5) is 5.69 Å². The first-order valence-electron chi connectivity index (χ1n) is 4.54. The van der Waals surface area contributed by atoms with Crippen molar-refractivity contribution < 1.29 is 5.21 Å². The molecule has 78 valence electrons. The molecule has 1 aromatic carbocycles. The molecule has 1 N–H and O–H groups in total. The SMILES string of the molecule is Cc1ccc2scc(N(C)O)c(=O)c2c1. The summed E-state index contributed by atoms with van der Waals surface area (Å²) in [5.41, 5.74) is 1.24. The van der Waals surface area contributed by atoms with Crippen molar-refractivity contribution in [3.8, 4) is 0 Å². The zero-order chi connectivity index (χ0) is 11.0. The molecule has 1 aromatic heterocycles. The van der Waals surface area contributed by atoms with Crippen LogP contribution in [0, 0.1) is 6.92 Å². The summed E-state index contributed by atoms with van der Waals surface area (Å²) in [6, 6.07) is 5.75. The van der Waals surface area contributed by atoms with Crippen molar-refractivity contribution in [2.75, 3.05) is 12.1 Å². The van der Waals surface area contributed by atoms with Crippen molar-refractivity contribution in [1.29, 1.82) is 0 Å². The number of hydrogen-bond donors (Lipinski definition) is 1. The summed E-state index contributed by atoms with van der Waals surface area (Å²) < 4.78 is 0.941. The van der Waals surface area contributed by atoms with Crippen LogP contribution in [0.15, 0.2) is 28.4 Å². The molecule has 0 saturated carbocycles. The van der Waals surface area contributed by atoms with Crippen molar-refractivity contribution in [3.05, 3.63) is 39.4 Å². The molecule has 4 heteroatoms. The topological polar surface area (TPSA) is 40.5 Å². The second-order valence-electron chi connectivity index (χ2n) is 3.47. The van der Waals surface area contributed by atoms with E-state index in [9.17, 15) is 10.0 Å². The Morgan fingerprint density at radius 2 is 2.13 bits per heavy atom. The van der Waals surface area contributed by atoms with Crippen molar-refractivity contribution in [3.63, 3.8) is 0 Å². The molecular weight excluding hydrogens is 210 g/mol. The number of hydroxylamine groups is 1. The summed E-state index contributed by atoms with van der Waals surface area (Å²) in [6.45, 7) is 1.94. The lowest BCUT2D eigenvalue weighted by Crippen LogP contribution is -2.18. The molecule has 0 aliphatic rings. The van der Waals surface area contributed by atoms with Crippen LogP contribution in [-0.4, -0.2) is 12.3 Å². The Morgan fingerprint density at radius 3 is 2.80 bits per heavy atom. The van der Waals surface area contributed by atoms with Gasteiger partial charge in [0, 0.05) is 22.5 Å². The summed E-state index contributed by atoms with van der Waals surface area (Å²) in [7, 11) is 1.45. The Balaban J connectivity index is 2.83. The van der Waals surface area contributed by atoms with E-state index in [1.165, 1.54) is 18.4 Å². The van der Waals surface area contributed by atoms with E-state index in [4.69, 9.17) is 0 Å². The lowest BCUT2D eigenvalue weighted by Gasteiger charge is -2.09. The zero-order valence-electron chi connectivity index (χ0n) is 8.52. The van der Waals surface area contributed by atoms with Gasteiger partial charge in [0.05, 0.1) is 0 Å². The summed E-state index contributed by atoms with van der Waals surface area (Å²) in [5, 5.41) is 12.5. The number of benzene rings is 1. The van der Waals surface area contributed by atoms with Gasteiger partial charge in [-0.1, -0.05) is 11.6 Å². The van der Waals surface area contributed by atoms with Crippen LogP contribution in [0.5, 0.6) is 0 Å². The van der Waals surface area contributed by atoms with Crippen molar-refractivity contribution >= 4 is 27.1 Å². The van der Waals surface area contributed by atoms with Crippen LogP contribution in [0.25, 0.3) is 10.1 Å². The van der Waals surface area contributed by atoms with Crippen LogP contribution in [-0.2, 0) is 0 Å². The van der Waals surface area contributed by atoms with E-state index in [0.29, 0.717) is 11.1 Å². The second-order valence-corrected chi connectivity index (χ2v) is 4.38. The molecule has 0 fully saturated rings. The minimum atomic E-state index is -0.127. The minimum absolute atomic E-state index is 0.127. The van der Waals surface area contributed by atoms with Crippen LogP contribution >= 0.6 is 11.3 Å². The largest absolute Gasteiger partial charge is 0.289 e. The number of rotatable bonds is 1. The van der Waals surface area contributed by atoms with E-state index in [0.717, 1.165) is 15.3 Å². The molecule has 0 saturated heterocycles. The zero-order valence-corrected chi connectivity index (χ0v) is 9.34. The third kappa shape index (κ3) is 1.73. The lowest BCUT2D eigenvalue weighted by atomic mass is 10.2. The van der Waals surface area contributed by atoms with Gasteiger partial charge in [0.2, 0.25) is 5.43 Å². The standard InChI is InChI=1S/C11H11NO2S/c1-7-3-4-10-8(5-7)11(13)9(6-15-10)12(2)14/h3-6,14H,1-2H3. The van der Waals surface area contributed by atoms with E-state index in [1.54, 1.807) is 5.38 Å². The van der Waals surface area contributed by atoms with Gasteiger partial charge in [-0.3, -0.25) is 15.1 Å². The summed E-state index contributed by atoms with van der Waals surface area (Å²) >= 11 is 1.45. The number of nitrogens with zero attached hydrogens (tertiary/aromatic N) is 1. The molecule has 0 amide bonds. The molecule has 0 radical (unpaired) electrons. The fourth-order valence-electron chi connectivity index (χ4n) is 1.46. The average molecular weight is 221 g/mol. The van der Waals surface area contributed by atoms with Gasteiger partial charge in [0.1, 0.15) is 5.69 Å². The van der Waals surface area contributed by atoms with Gasteiger partial charge in [-0.15, -0.1) is 11.3 Å². The minimum Gasteiger partial charge on any atom is -0.289 e. The predicted octanol–water partition coefficient (Wildman–Crippen LogP) is 2.40. The Kier molecular flexibility index (Phi) is 2.46. The Bertz CT molecular complexity index is 560. The highest BCUT2D eigenvalue weighted by Gasteiger charge is 2.07. The molecule has 0 spiro atoms. The summed E-state index contributed by atoms with van der Waals surface area (Å²) in [5.74, 6) is 0. The molecule has 0 atom stereocenters. The lowest BCUT2D eigenvalue weighted by molar-refractivity contribution is 0.279. The van der Waals surface area contributed by atoms with Crippen molar-refractivity contribution in [1.82, 2.24) is 0 Å². The van der Waals surface area contributed by atoms with Crippen LogP contribution < -0.4 is 10.5 Å². The first-order valence-corrected chi connectivity index (χ1v) is 5.42. The Morgan fingerprint density at radius 1 is 1.40 bits per heavy atom. The molecule has 2 aromatic rings. The van der Waals surface area contributed by atoms with E-state index in [-0.39, 0.29) is 5.43 Å². The first-order chi connectivity index (χ1) is 7.09. The first kappa shape index (κ1) is 10.1. The highest BCUT2D eigenvalue weighted by atomic mass is 32.1. The highest BCUT2D eigenvalue weighted by Crippen LogP contribution is 2.20. The molecule has 3 nitrogen and oxygen atoms in total. The summed E-state index contributed by atoms with van der Waals surface area (Å²) in [4.78, 5) is 11.9. The van der Waals surface area contributed by atoms with E-state index in [2.05, 4.69) is 0 Å². The predicted molar refractivity (Wildman–Crippen MR) is 63.0 cm³/mol. The van der Waals surface area contributed by atoms with Gasteiger partial charge in [-0.2, -0.15) is 0 Å². The van der Waals surface area contributed by atoms with Crippen LogP contribution in [0.1, 0.15) is 5.56 Å². The second kappa shape index (κ2) is 3.64. The van der Waals surface area contributed by atoms with Gasteiger partial charge in [-0.05, 0) is 19.1 Å². The Labute approximate surface area is 91.2 Å². The molecule has 0 unspecified atom stereocenters. The van der Waals surface area contributed by atoms with Crippen molar-refractivity contribution in [2.45, 2.75) is 6.92 Å². The molecule has 2 rings (SSSR count). The molecule has 0 bridgehead atoms. The highest BCUT2D eigenvalue weighted by molar-refractivity contribution is 7.16. The van der Waals surface area contributed by atoms with Crippen molar-refractivity contribution in [2.24, 2.45) is 0 Å². The molecule has 1 heterocycles. The molecule has 0 aliphatic heterocycles. The van der Waals surface area contributed by atoms with Gasteiger partial charge in [0.25, 0.3) is 0 Å².